The minimum absolute atomic E-state index is 0.0183. The SMILES string of the molecule is COP(c1cc(C)cc(C)c1)c1c(C(N)=O)[nH]c2ccc(Cl)c(F)c12. The van der Waals surface area contributed by atoms with Crippen molar-refractivity contribution in [2.75, 3.05) is 7.11 Å². The van der Waals surface area contributed by atoms with Crippen LogP contribution in [0.4, 0.5) is 4.39 Å². The van der Waals surface area contributed by atoms with Gasteiger partial charge in [-0.2, -0.15) is 0 Å². The number of aromatic nitrogens is 1. The molecule has 1 heterocycles. The molecule has 1 amide bonds. The Bertz CT molecular complexity index is 967. The highest BCUT2D eigenvalue weighted by molar-refractivity contribution is 7.69. The summed E-state index contributed by atoms with van der Waals surface area (Å²) >= 11 is 5.95. The standard InChI is InChI=1S/C18H17ClFN2O2P/c1-9-6-10(2)8-11(7-9)25(24-3)17-14-13(22-16(17)18(21)23)5-4-12(19)15(14)20/h4-8,22H,1-3H3,(H2,21,23). The minimum atomic E-state index is -1.46. The maximum Gasteiger partial charge on any atom is 0.265 e. The molecule has 0 spiro atoms. The van der Waals surface area contributed by atoms with Crippen molar-refractivity contribution in [3.63, 3.8) is 0 Å². The van der Waals surface area contributed by atoms with Crippen molar-refractivity contribution in [2.45, 2.75) is 13.8 Å². The first-order chi connectivity index (χ1) is 11.8. The summed E-state index contributed by atoms with van der Waals surface area (Å²) in [6.45, 7) is 3.95. The maximum absolute atomic E-state index is 14.8. The fourth-order valence-electron chi connectivity index (χ4n) is 2.98. The van der Waals surface area contributed by atoms with Gasteiger partial charge in [0.05, 0.1) is 13.2 Å². The van der Waals surface area contributed by atoms with Crippen molar-refractivity contribution in [3.05, 3.63) is 58.0 Å². The van der Waals surface area contributed by atoms with Crippen LogP contribution < -0.4 is 16.3 Å². The van der Waals surface area contributed by atoms with E-state index in [0.717, 1.165) is 16.4 Å². The molecule has 4 nitrogen and oxygen atoms in total. The Labute approximate surface area is 151 Å². The highest BCUT2D eigenvalue weighted by atomic mass is 35.5. The van der Waals surface area contributed by atoms with Crippen LogP contribution in [0.15, 0.2) is 30.3 Å². The van der Waals surface area contributed by atoms with Gasteiger partial charge in [-0.3, -0.25) is 4.79 Å². The summed E-state index contributed by atoms with van der Waals surface area (Å²) in [5.41, 5.74) is 8.23. The molecule has 0 radical (unpaired) electrons. The van der Waals surface area contributed by atoms with E-state index in [2.05, 4.69) is 4.98 Å². The topological polar surface area (TPSA) is 68.1 Å². The van der Waals surface area contributed by atoms with Crippen molar-refractivity contribution in [3.8, 4) is 0 Å². The molecule has 0 aliphatic carbocycles. The average Bonchev–Trinajstić information content (AvgIpc) is 2.91. The molecule has 0 bridgehead atoms. The summed E-state index contributed by atoms with van der Waals surface area (Å²) < 4.78 is 20.5. The fourth-order valence-corrected chi connectivity index (χ4v) is 5.22. The van der Waals surface area contributed by atoms with Crippen molar-refractivity contribution >= 4 is 47.2 Å². The Morgan fingerprint density at radius 2 is 1.88 bits per heavy atom. The molecule has 7 heteroatoms. The van der Waals surface area contributed by atoms with E-state index >= 15 is 0 Å². The van der Waals surface area contributed by atoms with Crippen LogP contribution in [0, 0.1) is 19.7 Å². The van der Waals surface area contributed by atoms with Crippen molar-refractivity contribution in [1.82, 2.24) is 4.98 Å². The van der Waals surface area contributed by atoms with Crippen molar-refractivity contribution in [1.29, 1.82) is 0 Å². The molecule has 1 aromatic heterocycles. The zero-order valence-corrected chi connectivity index (χ0v) is 15.6. The summed E-state index contributed by atoms with van der Waals surface area (Å²) in [5.74, 6) is -1.26. The number of hydrogen-bond donors (Lipinski definition) is 2. The molecule has 0 saturated carbocycles. The van der Waals surface area contributed by atoms with Gasteiger partial charge in [0.2, 0.25) is 0 Å². The lowest BCUT2D eigenvalue weighted by Crippen LogP contribution is -2.24. The van der Waals surface area contributed by atoms with E-state index in [4.69, 9.17) is 21.9 Å². The first-order valence-electron chi connectivity index (χ1n) is 7.55. The number of nitrogens with one attached hydrogen (secondary N) is 1. The van der Waals surface area contributed by atoms with Gasteiger partial charge < -0.3 is 15.2 Å². The van der Waals surface area contributed by atoms with Crippen LogP contribution in [0.3, 0.4) is 0 Å². The number of nitrogens with two attached hydrogens (primary N) is 1. The molecule has 3 aromatic rings. The summed E-state index contributed by atoms with van der Waals surface area (Å²) in [6, 6.07) is 9.04. The molecule has 3 rings (SSSR count). The number of halogens is 2. The quantitative estimate of drug-likeness (QED) is 0.680. The predicted molar refractivity (Wildman–Crippen MR) is 101 cm³/mol. The summed E-state index contributed by atoms with van der Waals surface area (Å²) in [4.78, 5) is 14.9. The number of H-pyrrole nitrogens is 1. The molecule has 1 atom stereocenters. The maximum atomic E-state index is 14.8. The van der Waals surface area contributed by atoms with E-state index in [1.54, 1.807) is 6.07 Å². The third-order valence-electron chi connectivity index (χ3n) is 3.90. The molecule has 1 unspecified atom stereocenters. The molecular formula is C18H17ClFN2O2P. The van der Waals surface area contributed by atoms with Crippen LogP contribution in [-0.2, 0) is 4.52 Å². The van der Waals surface area contributed by atoms with E-state index in [1.165, 1.54) is 13.2 Å². The van der Waals surface area contributed by atoms with E-state index in [9.17, 15) is 9.18 Å². The summed E-state index contributed by atoms with van der Waals surface area (Å²) in [7, 11) is 0.0807. The van der Waals surface area contributed by atoms with Crippen LogP contribution in [0.5, 0.6) is 0 Å². The van der Waals surface area contributed by atoms with Gasteiger partial charge in [-0.25, -0.2) is 4.39 Å². The van der Waals surface area contributed by atoms with Crippen molar-refractivity contribution < 1.29 is 13.7 Å². The summed E-state index contributed by atoms with van der Waals surface area (Å²) in [6.07, 6.45) is 0. The third kappa shape index (κ3) is 3.15. The van der Waals surface area contributed by atoms with E-state index in [-0.39, 0.29) is 16.1 Å². The lowest BCUT2D eigenvalue weighted by Gasteiger charge is -2.18. The smallest absolute Gasteiger partial charge is 0.265 e. The van der Waals surface area contributed by atoms with E-state index < -0.39 is 19.9 Å². The molecule has 0 aliphatic heterocycles. The van der Waals surface area contributed by atoms with E-state index in [0.29, 0.717) is 10.8 Å². The van der Waals surface area contributed by atoms with Crippen LogP contribution >= 0.6 is 19.7 Å². The second-order valence-corrected chi connectivity index (χ2v) is 8.14. The molecule has 2 aromatic carbocycles. The predicted octanol–water partition coefficient (Wildman–Crippen LogP) is 3.67. The summed E-state index contributed by atoms with van der Waals surface area (Å²) in [5, 5.41) is 1.52. The first-order valence-corrected chi connectivity index (χ1v) is 9.19. The number of primary amides is 1. The second-order valence-electron chi connectivity index (χ2n) is 5.82. The fraction of sp³-hybridized carbons (Fsp3) is 0.167. The number of amides is 1. The average molecular weight is 379 g/mol. The number of benzene rings is 2. The Balaban J connectivity index is 2.36. The Morgan fingerprint density at radius 3 is 2.44 bits per heavy atom. The van der Waals surface area contributed by atoms with Gasteiger partial charge in [-0.05, 0) is 38.1 Å². The van der Waals surface area contributed by atoms with Crippen LogP contribution in [-0.4, -0.2) is 18.0 Å². The highest BCUT2D eigenvalue weighted by Gasteiger charge is 2.28. The number of hydrogen-bond acceptors (Lipinski definition) is 2. The van der Waals surface area contributed by atoms with Crippen molar-refractivity contribution in [2.24, 2.45) is 5.73 Å². The highest BCUT2D eigenvalue weighted by Crippen LogP contribution is 2.40. The normalized spacial score (nSPS) is 12.5. The lowest BCUT2D eigenvalue weighted by molar-refractivity contribution is 0.0997. The number of rotatable bonds is 4. The molecular weight excluding hydrogens is 362 g/mol. The largest absolute Gasteiger partial charge is 0.364 e. The second kappa shape index (κ2) is 6.75. The number of carbonyl (C=O) groups excluding carboxylic acids is 1. The molecule has 130 valence electrons. The lowest BCUT2D eigenvalue weighted by atomic mass is 10.2. The number of carbonyl (C=O) groups is 1. The van der Waals surface area contributed by atoms with Gasteiger partial charge >= 0.3 is 0 Å². The van der Waals surface area contributed by atoms with Crippen LogP contribution in [0.25, 0.3) is 10.9 Å². The van der Waals surface area contributed by atoms with Gasteiger partial charge in [0.1, 0.15) is 5.69 Å². The van der Waals surface area contributed by atoms with Crippen LogP contribution in [0.2, 0.25) is 5.02 Å². The molecule has 0 fully saturated rings. The molecule has 0 aliphatic rings. The molecule has 3 N–H and O–H groups in total. The Hall–Kier alpha value is -1.94. The van der Waals surface area contributed by atoms with E-state index in [1.807, 2.05) is 32.0 Å². The third-order valence-corrected chi connectivity index (χ3v) is 6.14. The molecule has 0 saturated heterocycles. The Morgan fingerprint density at radius 1 is 1.24 bits per heavy atom. The number of aromatic amines is 1. The van der Waals surface area contributed by atoms with Gasteiger partial charge in [-0.15, -0.1) is 0 Å². The van der Waals surface area contributed by atoms with Gasteiger partial charge in [0, 0.05) is 28.6 Å². The van der Waals surface area contributed by atoms with Gasteiger partial charge in [-0.1, -0.05) is 28.8 Å². The zero-order chi connectivity index (χ0) is 18.3. The minimum Gasteiger partial charge on any atom is -0.364 e. The Kier molecular flexibility index (Phi) is 4.83. The molecule has 25 heavy (non-hydrogen) atoms. The monoisotopic (exact) mass is 378 g/mol. The number of aryl methyl sites for hydroxylation is 2. The zero-order valence-electron chi connectivity index (χ0n) is 14.0. The van der Waals surface area contributed by atoms with Crippen LogP contribution in [0.1, 0.15) is 21.6 Å². The van der Waals surface area contributed by atoms with Gasteiger partial charge in [0.25, 0.3) is 5.91 Å². The number of fused-ring (bicyclic) bond motifs is 1. The first kappa shape index (κ1) is 17.9. The van der Waals surface area contributed by atoms with Gasteiger partial charge in [0.15, 0.2) is 5.82 Å².